The van der Waals surface area contributed by atoms with Crippen LogP contribution in [0.1, 0.15) is 202 Å². The van der Waals surface area contributed by atoms with Crippen LogP contribution in [0, 0.1) is 0 Å². The number of para-hydroxylation sites is 2. The number of aromatic nitrogens is 23. The number of benzene rings is 6. The lowest BCUT2D eigenvalue weighted by Gasteiger charge is -2.04. The second-order valence-corrected chi connectivity index (χ2v) is 28.2. The smallest absolute Gasteiger partial charge is 0.153 e. The Morgan fingerprint density at radius 3 is 0.837 bits per heavy atom. The van der Waals surface area contributed by atoms with E-state index in [1.165, 1.54) is 87.0 Å². The Bertz CT molecular complexity index is 5570. The number of nitrogens with two attached hydrogens (primary N) is 4. The van der Waals surface area contributed by atoms with Crippen molar-refractivity contribution in [2.45, 2.75) is 186 Å². The lowest BCUT2D eigenvalue weighted by Crippen LogP contribution is -2.01. The van der Waals surface area contributed by atoms with Gasteiger partial charge in [0, 0.05) is 99.1 Å². The molecule has 23 rings (SSSR count). The summed E-state index contributed by atoms with van der Waals surface area (Å²) >= 11 is 0. The maximum Gasteiger partial charge on any atom is 0.153 e. The van der Waals surface area contributed by atoms with Crippen molar-refractivity contribution in [3.63, 3.8) is 0 Å². The number of nitrogen functional groups attached to an aromatic ring is 4. The van der Waals surface area contributed by atoms with Crippen molar-refractivity contribution in [1.29, 1.82) is 0 Å². The molecule has 11 N–H and O–H groups in total. The normalized spacial score (nSPS) is 12.1. The molecule has 0 bridgehead atoms. The fraction of sp³-hybridized carbons (Fsp3) is 0.314. The number of aryl methyl sites for hydroxylation is 4. The second-order valence-electron chi connectivity index (χ2n) is 28.2. The minimum atomic E-state index is 0.380. The molecule has 0 radical (unpaired) electrons. The standard InChI is InChI=1S/4C15H15N5.C8H7N.2C7H6N2.C4H4N2.8C2H6/c4*1-20-14-13(17-8-18-15(14)16)12(19-20)11-6-9-4-2-3-5-10(9)7-11;1-2-4-8-7(3-1)5-6-9-8;1-2-6-3-5-9-7(6)8-4-1;1-2-4-7-6(3-1)5-8-9-7;1-2-5-4-6-3-1;8*1-2/h4*2-5,8,11H,6-7H2,1H3,(H2,16,17,18);1-6,9H;2*1-5H,(H,8,9);1-4H;8*1-2H3. The summed E-state index contributed by atoms with van der Waals surface area (Å²) in [5, 5.41) is 28.9. The molecule has 4 aliphatic carbocycles. The van der Waals surface area contributed by atoms with Gasteiger partial charge < -0.3 is 32.9 Å². The van der Waals surface area contributed by atoms with Gasteiger partial charge in [0.15, 0.2) is 23.3 Å². The molecule has 4 aliphatic rings. The molecule has 0 amide bonds. The van der Waals surface area contributed by atoms with Crippen LogP contribution in [0.2, 0.25) is 0 Å². The van der Waals surface area contributed by atoms with Crippen LogP contribution in [0.5, 0.6) is 0 Å². The third-order valence-electron chi connectivity index (χ3n) is 21.1. The highest BCUT2D eigenvalue weighted by Crippen LogP contribution is 2.41. The van der Waals surface area contributed by atoms with Crippen LogP contribution in [-0.2, 0) is 79.6 Å². The van der Waals surface area contributed by atoms with E-state index in [1.807, 2.05) is 212 Å². The van der Waals surface area contributed by atoms with Crippen molar-refractivity contribution in [3.8, 4) is 0 Å². The number of nitrogens with zero attached hydrogens (tertiary/aromatic N) is 20. The molecule has 129 heavy (non-hydrogen) atoms. The summed E-state index contributed by atoms with van der Waals surface area (Å²) in [7, 11) is 7.59. The van der Waals surface area contributed by atoms with E-state index in [2.05, 4.69) is 211 Å². The number of rotatable bonds is 4. The summed E-state index contributed by atoms with van der Waals surface area (Å²) in [5.41, 5.74) is 49.4. The Labute approximate surface area is 759 Å². The first-order valence-corrected chi connectivity index (χ1v) is 45.3. The van der Waals surface area contributed by atoms with Crippen LogP contribution in [0.4, 0.5) is 23.3 Å². The molecule has 0 fully saturated rings. The van der Waals surface area contributed by atoms with Gasteiger partial charge >= 0.3 is 0 Å². The van der Waals surface area contributed by atoms with E-state index < -0.39 is 0 Å². The molecule has 0 unspecified atom stereocenters. The zero-order chi connectivity index (χ0) is 93.3. The van der Waals surface area contributed by atoms with Gasteiger partial charge in [0.25, 0.3) is 0 Å². The minimum absolute atomic E-state index is 0.380. The Kier molecular flexibility index (Phi) is 40.1. The topological polar surface area (TPSA) is 377 Å². The Morgan fingerprint density at radius 1 is 0.271 bits per heavy atom. The Morgan fingerprint density at radius 2 is 0.550 bits per heavy atom. The summed E-state index contributed by atoms with van der Waals surface area (Å²) in [6, 6.07) is 60.4. The third kappa shape index (κ3) is 24.8. The maximum absolute atomic E-state index is 5.94. The van der Waals surface area contributed by atoms with E-state index in [4.69, 9.17) is 22.9 Å². The molecule has 13 heterocycles. The molecule has 0 aliphatic heterocycles. The van der Waals surface area contributed by atoms with Crippen molar-refractivity contribution in [2.24, 2.45) is 28.2 Å². The molecular formula is C102H131N27. The molecule has 0 spiro atoms. The Hall–Kier alpha value is -14.5. The number of pyridine rings is 1. The molecule has 674 valence electrons. The van der Waals surface area contributed by atoms with Crippen LogP contribution < -0.4 is 22.9 Å². The van der Waals surface area contributed by atoms with Gasteiger partial charge in [0.2, 0.25) is 0 Å². The van der Waals surface area contributed by atoms with Crippen molar-refractivity contribution >= 4 is 100 Å². The zero-order valence-corrected chi connectivity index (χ0v) is 78.8. The van der Waals surface area contributed by atoms with Gasteiger partial charge in [0.05, 0.1) is 34.5 Å². The molecule has 0 saturated heterocycles. The number of hydrogen-bond donors (Lipinski definition) is 7. The van der Waals surface area contributed by atoms with Gasteiger partial charge in [-0.3, -0.25) is 23.8 Å². The Balaban J connectivity index is 0.000000182. The summed E-state index contributed by atoms with van der Waals surface area (Å²) in [5.74, 6) is 3.49. The summed E-state index contributed by atoms with van der Waals surface area (Å²) in [6.45, 7) is 32.0. The fourth-order valence-corrected chi connectivity index (χ4v) is 15.8. The number of fused-ring (bicyclic) bond motifs is 11. The molecule has 19 aromatic rings. The molecular weight excluding hydrogens is 1600 g/mol. The lowest BCUT2D eigenvalue weighted by molar-refractivity contribution is 0.676. The second kappa shape index (κ2) is 51.8. The van der Waals surface area contributed by atoms with Crippen LogP contribution in [0.25, 0.3) is 77.0 Å². The fourth-order valence-electron chi connectivity index (χ4n) is 15.8. The van der Waals surface area contributed by atoms with Crippen LogP contribution >= 0.6 is 0 Å². The highest BCUT2D eigenvalue weighted by Gasteiger charge is 2.32. The van der Waals surface area contributed by atoms with Crippen LogP contribution in [0.15, 0.2) is 245 Å². The van der Waals surface area contributed by atoms with E-state index in [0.29, 0.717) is 46.9 Å². The van der Waals surface area contributed by atoms with Gasteiger partial charge in [-0.2, -0.15) is 25.5 Å². The molecule has 27 heteroatoms. The molecule has 6 aromatic carbocycles. The molecule has 27 nitrogen and oxygen atoms in total. The average Bonchev–Trinajstić information content (AvgIpc) is 1.63. The van der Waals surface area contributed by atoms with Gasteiger partial charge in [-0.05, 0) is 144 Å². The van der Waals surface area contributed by atoms with Gasteiger partial charge in [-0.25, -0.2) is 54.8 Å². The first-order valence-electron chi connectivity index (χ1n) is 45.3. The van der Waals surface area contributed by atoms with E-state index >= 15 is 0 Å². The predicted molar refractivity (Wildman–Crippen MR) is 533 cm³/mol. The van der Waals surface area contributed by atoms with Crippen LogP contribution in [0.3, 0.4) is 0 Å². The number of hydrogen-bond acceptors (Lipinski definition) is 20. The third-order valence-corrected chi connectivity index (χ3v) is 21.1. The van der Waals surface area contributed by atoms with Crippen LogP contribution in [-0.4, -0.2) is 114 Å². The van der Waals surface area contributed by atoms with E-state index in [9.17, 15) is 0 Å². The predicted octanol–water partition coefficient (Wildman–Crippen LogP) is 21.3. The average molecular weight is 1740 g/mol. The number of H-pyrrole nitrogens is 3. The largest absolute Gasteiger partial charge is 0.382 e. The van der Waals surface area contributed by atoms with E-state index in [1.54, 1.807) is 43.4 Å². The number of anilines is 4. The monoisotopic (exact) mass is 1730 g/mol. The lowest BCUT2D eigenvalue weighted by atomic mass is 10.0. The van der Waals surface area contributed by atoms with Crippen molar-refractivity contribution in [1.82, 2.24) is 114 Å². The quantitative estimate of drug-likeness (QED) is 0.0860. The summed E-state index contributed by atoms with van der Waals surface area (Å²) in [4.78, 5) is 51.4. The van der Waals surface area contributed by atoms with Gasteiger partial charge in [-0.15, -0.1) is 0 Å². The van der Waals surface area contributed by atoms with Gasteiger partial charge in [-0.1, -0.05) is 244 Å². The highest BCUT2D eigenvalue weighted by molar-refractivity contribution is 5.90. The molecule has 13 aromatic heterocycles. The number of nitrogens with one attached hydrogen (secondary N) is 3. The van der Waals surface area contributed by atoms with E-state index in [-0.39, 0.29) is 0 Å². The minimum Gasteiger partial charge on any atom is -0.382 e. The van der Waals surface area contributed by atoms with Crippen molar-refractivity contribution in [3.05, 3.63) is 312 Å². The maximum atomic E-state index is 5.94. The summed E-state index contributed by atoms with van der Waals surface area (Å²) < 4.78 is 7.18. The van der Waals surface area contributed by atoms with Gasteiger partial charge in [0.1, 0.15) is 81.4 Å². The molecule has 0 atom stereocenters. The number of aromatic amines is 3. The van der Waals surface area contributed by atoms with Crippen molar-refractivity contribution < 1.29 is 0 Å². The summed E-state index contributed by atoms with van der Waals surface area (Å²) in [6.07, 6.45) is 26.5. The molecule has 0 saturated carbocycles. The first kappa shape index (κ1) is 99.9. The van der Waals surface area contributed by atoms with Crippen molar-refractivity contribution in [2.75, 3.05) is 22.9 Å². The van der Waals surface area contributed by atoms with E-state index in [0.717, 1.165) is 140 Å². The SMILES string of the molecule is CC.CC.CC.CC.CC.CC.CC.CC.Cn1nc(C2Cc3ccccc3C2)c2ncnc(N)c21.Cn1nc(C2Cc3ccccc3C2)c2ncnc(N)c21.Cn1nc(C2Cc3ccccc3C2)c2ncnc(N)c21.Cn1nc(C2Cc3ccccc3C2)c2ncnc(N)c21.c1ccc2[nH]ccc2c1.c1ccc2[nH]ncc2c1.c1cnc2[nH]ccc2c1.c1cncnc1. The highest BCUT2D eigenvalue weighted by atomic mass is 15.3. The zero-order valence-electron chi connectivity index (χ0n) is 78.8. The first-order chi connectivity index (χ1) is 63.3.